The number of allylic oxidation sites excluding steroid dienone is 1. The van der Waals surface area contributed by atoms with Crippen molar-refractivity contribution in [1.29, 1.82) is 0 Å². The van der Waals surface area contributed by atoms with E-state index in [0.717, 1.165) is 4.47 Å². The lowest BCUT2D eigenvalue weighted by Gasteiger charge is -2.33. The van der Waals surface area contributed by atoms with Gasteiger partial charge in [0.25, 0.3) is 5.91 Å². The number of ether oxygens (including phenoxy) is 1. The number of halogens is 1. The van der Waals surface area contributed by atoms with Crippen molar-refractivity contribution in [3.05, 3.63) is 75.4 Å². The summed E-state index contributed by atoms with van der Waals surface area (Å²) < 4.78 is 6.27. The SMILES string of the molecule is CC1=C(C(=O)OCC(C)C)C(c2ccc(NC(=O)c3cccc(Br)c3)cc2)NC(=O)N1C. The van der Waals surface area contributed by atoms with E-state index in [1.807, 2.05) is 19.9 Å². The van der Waals surface area contributed by atoms with Crippen LogP contribution in [0.2, 0.25) is 0 Å². The third-order valence-corrected chi connectivity index (χ3v) is 5.60. The van der Waals surface area contributed by atoms with E-state index in [9.17, 15) is 14.4 Å². The topological polar surface area (TPSA) is 87.7 Å². The van der Waals surface area contributed by atoms with Crippen molar-refractivity contribution >= 4 is 39.5 Å². The fraction of sp³-hybridized carbons (Fsp3) is 0.292. The van der Waals surface area contributed by atoms with Gasteiger partial charge in [-0.3, -0.25) is 4.79 Å². The molecule has 8 heteroatoms. The van der Waals surface area contributed by atoms with Gasteiger partial charge in [0.05, 0.1) is 18.2 Å². The summed E-state index contributed by atoms with van der Waals surface area (Å²) in [4.78, 5) is 39.1. The monoisotopic (exact) mass is 499 g/mol. The number of nitrogens with zero attached hydrogens (tertiary/aromatic N) is 1. The third-order valence-electron chi connectivity index (χ3n) is 5.11. The van der Waals surface area contributed by atoms with Crippen LogP contribution in [0, 0.1) is 5.92 Å². The first-order valence-corrected chi connectivity index (χ1v) is 11.1. The van der Waals surface area contributed by atoms with Crippen LogP contribution in [0.15, 0.2) is 64.3 Å². The molecule has 0 saturated carbocycles. The van der Waals surface area contributed by atoms with Crippen LogP contribution >= 0.6 is 15.9 Å². The molecule has 7 nitrogen and oxygen atoms in total. The molecule has 3 amide bonds. The highest BCUT2D eigenvalue weighted by Gasteiger charge is 2.35. The molecule has 0 radical (unpaired) electrons. The number of anilines is 1. The van der Waals surface area contributed by atoms with E-state index in [-0.39, 0.29) is 17.9 Å². The largest absolute Gasteiger partial charge is 0.462 e. The summed E-state index contributed by atoms with van der Waals surface area (Å²) in [7, 11) is 1.61. The predicted molar refractivity (Wildman–Crippen MR) is 126 cm³/mol. The number of hydrogen-bond donors (Lipinski definition) is 2. The van der Waals surface area contributed by atoms with Crippen LogP contribution in [-0.4, -0.2) is 36.5 Å². The first-order valence-electron chi connectivity index (χ1n) is 10.3. The Kier molecular flexibility index (Phi) is 7.35. The maximum absolute atomic E-state index is 12.8. The molecule has 168 valence electrons. The number of hydrogen-bond acceptors (Lipinski definition) is 4. The van der Waals surface area contributed by atoms with Gasteiger partial charge in [-0.2, -0.15) is 0 Å². The maximum Gasteiger partial charge on any atom is 0.338 e. The van der Waals surface area contributed by atoms with Crippen LogP contribution in [0.5, 0.6) is 0 Å². The molecular formula is C24H26BrN3O4. The standard InChI is InChI=1S/C24H26BrN3O4/c1-14(2)13-32-23(30)20-15(3)28(4)24(31)27-21(20)16-8-10-19(11-9-16)26-22(29)17-6-5-7-18(25)12-17/h5-12,14,21H,13H2,1-4H3,(H,26,29)(H,27,31). The van der Waals surface area contributed by atoms with Crippen LogP contribution in [0.25, 0.3) is 0 Å². The number of urea groups is 1. The molecule has 3 rings (SSSR count). The van der Waals surface area contributed by atoms with E-state index in [0.29, 0.717) is 34.7 Å². The number of rotatable bonds is 6. The Labute approximate surface area is 195 Å². The molecule has 1 unspecified atom stereocenters. The van der Waals surface area contributed by atoms with Crippen LogP contribution in [0.3, 0.4) is 0 Å². The van der Waals surface area contributed by atoms with Crippen molar-refractivity contribution in [2.24, 2.45) is 5.92 Å². The number of amides is 3. The van der Waals surface area contributed by atoms with Gasteiger partial charge in [0.15, 0.2) is 0 Å². The molecule has 0 bridgehead atoms. The molecule has 2 aromatic carbocycles. The van der Waals surface area contributed by atoms with Gasteiger partial charge in [0.2, 0.25) is 0 Å². The maximum atomic E-state index is 12.8. The van der Waals surface area contributed by atoms with Crippen molar-refractivity contribution in [2.75, 3.05) is 19.0 Å². The van der Waals surface area contributed by atoms with Gasteiger partial charge in [-0.15, -0.1) is 0 Å². The molecule has 1 aliphatic rings. The molecule has 1 aliphatic heterocycles. The Balaban J connectivity index is 1.82. The van der Waals surface area contributed by atoms with E-state index in [1.165, 1.54) is 4.90 Å². The second kappa shape index (κ2) is 9.99. The molecule has 2 N–H and O–H groups in total. The van der Waals surface area contributed by atoms with Crippen molar-refractivity contribution in [3.63, 3.8) is 0 Å². The van der Waals surface area contributed by atoms with Crippen LogP contribution in [-0.2, 0) is 9.53 Å². The zero-order valence-corrected chi connectivity index (χ0v) is 20.0. The van der Waals surface area contributed by atoms with Crippen molar-refractivity contribution < 1.29 is 19.1 Å². The molecule has 0 fully saturated rings. The Morgan fingerprint density at radius 1 is 1.19 bits per heavy atom. The number of nitrogens with one attached hydrogen (secondary N) is 2. The molecule has 1 heterocycles. The van der Waals surface area contributed by atoms with E-state index < -0.39 is 12.0 Å². The summed E-state index contributed by atoms with van der Waals surface area (Å²) >= 11 is 3.36. The summed E-state index contributed by atoms with van der Waals surface area (Å²) in [6.45, 7) is 5.94. The lowest BCUT2D eigenvalue weighted by atomic mass is 9.95. The zero-order chi connectivity index (χ0) is 23.4. The van der Waals surface area contributed by atoms with Crippen molar-refractivity contribution in [1.82, 2.24) is 10.2 Å². The summed E-state index contributed by atoms with van der Waals surface area (Å²) in [6.07, 6.45) is 0. The Bertz CT molecular complexity index is 1060. The van der Waals surface area contributed by atoms with Crippen molar-refractivity contribution in [2.45, 2.75) is 26.8 Å². The molecule has 2 aromatic rings. The Morgan fingerprint density at radius 2 is 1.88 bits per heavy atom. The fourth-order valence-corrected chi connectivity index (χ4v) is 3.66. The van der Waals surface area contributed by atoms with Gasteiger partial charge < -0.3 is 20.3 Å². The van der Waals surface area contributed by atoms with Gasteiger partial charge >= 0.3 is 12.0 Å². The molecule has 0 aliphatic carbocycles. The highest BCUT2D eigenvalue weighted by atomic mass is 79.9. The number of carbonyl (C=O) groups is 3. The molecule has 0 saturated heterocycles. The predicted octanol–water partition coefficient (Wildman–Crippen LogP) is 4.87. The van der Waals surface area contributed by atoms with E-state index in [1.54, 1.807) is 56.4 Å². The average Bonchev–Trinajstić information content (AvgIpc) is 2.76. The lowest BCUT2D eigenvalue weighted by molar-refractivity contribution is -0.140. The van der Waals surface area contributed by atoms with Gasteiger partial charge in [0, 0.05) is 28.5 Å². The lowest BCUT2D eigenvalue weighted by Crippen LogP contribution is -2.46. The summed E-state index contributed by atoms with van der Waals surface area (Å²) in [5.41, 5.74) is 2.77. The normalized spacial score (nSPS) is 16.1. The Hall–Kier alpha value is -3.13. The minimum atomic E-state index is -0.645. The van der Waals surface area contributed by atoms with Gasteiger partial charge in [-0.1, -0.05) is 48.0 Å². The molecule has 32 heavy (non-hydrogen) atoms. The molecule has 0 spiro atoms. The number of carbonyl (C=O) groups excluding carboxylic acids is 3. The summed E-state index contributed by atoms with van der Waals surface area (Å²) in [5, 5.41) is 5.71. The minimum absolute atomic E-state index is 0.197. The second-order valence-corrected chi connectivity index (χ2v) is 8.94. The summed E-state index contributed by atoms with van der Waals surface area (Å²) in [5.74, 6) is -0.497. The highest BCUT2D eigenvalue weighted by molar-refractivity contribution is 9.10. The molecule has 1 atom stereocenters. The quantitative estimate of drug-likeness (QED) is 0.554. The number of benzene rings is 2. The van der Waals surface area contributed by atoms with Crippen LogP contribution in [0.4, 0.5) is 10.5 Å². The minimum Gasteiger partial charge on any atom is -0.462 e. The van der Waals surface area contributed by atoms with Crippen LogP contribution < -0.4 is 10.6 Å². The van der Waals surface area contributed by atoms with E-state index in [2.05, 4.69) is 26.6 Å². The first kappa shape index (κ1) is 23.5. The van der Waals surface area contributed by atoms with Crippen LogP contribution in [0.1, 0.15) is 42.7 Å². The third kappa shape index (κ3) is 5.37. The van der Waals surface area contributed by atoms with E-state index >= 15 is 0 Å². The van der Waals surface area contributed by atoms with E-state index in [4.69, 9.17) is 4.74 Å². The van der Waals surface area contributed by atoms with Gasteiger partial charge in [-0.05, 0) is 48.7 Å². The summed E-state index contributed by atoms with van der Waals surface area (Å²) in [6, 6.07) is 13.2. The second-order valence-electron chi connectivity index (χ2n) is 8.02. The van der Waals surface area contributed by atoms with Gasteiger partial charge in [-0.25, -0.2) is 9.59 Å². The molecule has 0 aromatic heterocycles. The highest BCUT2D eigenvalue weighted by Crippen LogP contribution is 2.31. The fourth-order valence-electron chi connectivity index (χ4n) is 3.26. The van der Waals surface area contributed by atoms with Gasteiger partial charge in [0.1, 0.15) is 0 Å². The Morgan fingerprint density at radius 3 is 2.50 bits per heavy atom. The van der Waals surface area contributed by atoms with Crippen molar-refractivity contribution in [3.8, 4) is 0 Å². The first-order chi connectivity index (χ1) is 15.2. The smallest absolute Gasteiger partial charge is 0.338 e. The number of esters is 1. The zero-order valence-electron chi connectivity index (χ0n) is 18.4. The molecular weight excluding hydrogens is 474 g/mol. The average molecular weight is 500 g/mol.